The van der Waals surface area contributed by atoms with Crippen LogP contribution in [0.15, 0.2) is 82.8 Å². The van der Waals surface area contributed by atoms with Gasteiger partial charge in [-0.1, -0.05) is 17.7 Å². The third-order valence-electron chi connectivity index (χ3n) is 5.98. The van der Waals surface area contributed by atoms with Crippen LogP contribution in [0.3, 0.4) is 0 Å². The maximum absolute atomic E-state index is 13.0. The molecule has 1 aromatic heterocycles. The lowest BCUT2D eigenvalue weighted by Gasteiger charge is -2.12. The molecule has 0 saturated carbocycles. The molecule has 0 radical (unpaired) electrons. The molecule has 4 aromatic rings. The fourth-order valence-corrected chi connectivity index (χ4v) is 4.76. The number of aryl methyl sites for hydroxylation is 2. The van der Waals surface area contributed by atoms with Gasteiger partial charge in [-0.2, -0.15) is 26.7 Å². The van der Waals surface area contributed by atoms with Gasteiger partial charge in [-0.05, 0) is 75.4 Å². The smallest absolute Gasteiger partial charge is 0.416 e. The molecule has 0 amide bonds. The molecule has 4 rings (SSSR count). The number of alkyl halides is 3. The third-order valence-corrected chi connectivity index (χ3v) is 7.22. The molecule has 9 nitrogen and oxygen atoms in total. The molecule has 40 heavy (non-hydrogen) atoms. The number of nitro benzene ring substituents is 1. The molecule has 0 spiro atoms. The zero-order valence-electron chi connectivity index (χ0n) is 21.4. The Kier molecular flexibility index (Phi) is 7.69. The van der Waals surface area contributed by atoms with E-state index >= 15 is 0 Å². The molecule has 0 unspecified atom stereocenters. The first kappa shape index (κ1) is 28.4. The summed E-state index contributed by atoms with van der Waals surface area (Å²) in [7, 11) is -3.83. The van der Waals surface area contributed by atoms with Crippen molar-refractivity contribution in [3.63, 3.8) is 0 Å². The highest BCUT2D eigenvalue weighted by atomic mass is 32.2. The van der Waals surface area contributed by atoms with Gasteiger partial charge in [0.1, 0.15) is 5.75 Å². The number of ether oxygens (including phenoxy) is 1. The van der Waals surface area contributed by atoms with E-state index in [9.17, 15) is 31.7 Å². The molecular formula is C27H23F3N4O5S. The first-order valence-electron chi connectivity index (χ1n) is 11.7. The van der Waals surface area contributed by atoms with Crippen molar-refractivity contribution in [2.45, 2.75) is 31.8 Å². The van der Waals surface area contributed by atoms with E-state index in [4.69, 9.17) is 4.74 Å². The van der Waals surface area contributed by atoms with Crippen LogP contribution in [0.4, 0.5) is 18.9 Å². The molecule has 0 atom stereocenters. The minimum absolute atomic E-state index is 0.0876. The Balaban J connectivity index is 1.52. The number of sulfonamides is 1. The number of benzene rings is 3. The second-order valence-corrected chi connectivity index (χ2v) is 10.5. The lowest BCUT2D eigenvalue weighted by atomic mass is 10.2. The molecule has 0 aliphatic carbocycles. The Labute approximate surface area is 227 Å². The van der Waals surface area contributed by atoms with Crippen LogP contribution in [0.25, 0.3) is 5.69 Å². The molecule has 0 aliphatic heterocycles. The Bertz CT molecular complexity index is 1700. The second kappa shape index (κ2) is 10.8. The number of rotatable bonds is 8. The standard InChI is InChI=1S/C27H23F3N4O5S/c1-17-4-11-24(12-5-17)40(37,38)32-31-16-20-14-18(2)33(19(20)3)22-7-9-23(10-8-22)39-26-13-6-21(27(28,29)30)15-25(26)34(35)36/h4-16,32H,1-3H3/b31-16-. The molecule has 0 aliphatic rings. The summed E-state index contributed by atoms with van der Waals surface area (Å²) in [6, 6.07) is 16.6. The number of nitro groups is 1. The van der Waals surface area contributed by atoms with Gasteiger partial charge >= 0.3 is 11.9 Å². The maximum atomic E-state index is 13.0. The Morgan fingerprint density at radius 1 is 0.975 bits per heavy atom. The van der Waals surface area contributed by atoms with E-state index in [1.807, 2.05) is 31.4 Å². The molecule has 0 saturated heterocycles. The van der Waals surface area contributed by atoms with Gasteiger partial charge in [-0.15, -0.1) is 0 Å². The fourth-order valence-electron chi connectivity index (χ4n) is 3.96. The number of hydrogen-bond donors (Lipinski definition) is 1. The fraction of sp³-hybridized carbons (Fsp3) is 0.148. The van der Waals surface area contributed by atoms with Crippen LogP contribution in [0, 0.1) is 30.9 Å². The summed E-state index contributed by atoms with van der Waals surface area (Å²) in [4.78, 5) is 12.7. The van der Waals surface area contributed by atoms with Crippen molar-refractivity contribution >= 4 is 21.9 Å². The van der Waals surface area contributed by atoms with Gasteiger partial charge in [0.25, 0.3) is 10.0 Å². The van der Waals surface area contributed by atoms with E-state index in [0.717, 1.165) is 23.0 Å². The Hall–Kier alpha value is -4.65. The summed E-state index contributed by atoms with van der Waals surface area (Å²) in [5.41, 5.74) is 1.89. The zero-order valence-corrected chi connectivity index (χ0v) is 22.2. The van der Waals surface area contributed by atoms with Crippen LogP contribution >= 0.6 is 0 Å². The van der Waals surface area contributed by atoms with Gasteiger partial charge in [0.15, 0.2) is 0 Å². The number of hydrogen-bond acceptors (Lipinski definition) is 6. The van der Waals surface area contributed by atoms with E-state index in [1.54, 1.807) is 24.3 Å². The largest absolute Gasteiger partial charge is 0.450 e. The Morgan fingerprint density at radius 2 is 1.62 bits per heavy atom. The summed E-state index contributed by atoms with van der Waals surface area (Å²) in [5, 5.41) is 15.2. The van der Waals surface area contributed by atoms with Crippen molar-refractivity contribution in [2.24, 2.45) is 5.10 Å². The number of nitrogens with zero attached hydrogens (tertiary/aromatic N) is 3. The minimum atomic E-state index is -4.73. The number of aromatic nitrogens is 1. The third kappa shape index (κ3) is 6.15. The lowest BCUT2D eigenvalue weighted by molar-refractivity contribution is -0.385. The number of halogens is 3. The molecule has 1 N–H and O–H groups in total. The molecule has 0 bridgehead atoms. The van der Waals surface area contributed by atoms with Crippen LogP contribution in [0.1, 0.15) is 28.1 Å². The molecule has 0 fully saturated rings. The van der Waals surface area contributed by atoms with E-state index in [-0.39, 0.29) is 16.4 Å². The summed E-state index contributed by atoms with van der Waals surface area (Å²) in [6.07, 6.45) is -3.34. The van der Waals surface area contributed by atoms with Crippen LogP contribution < -0.4 is 9.57 Å². The van der Waals surface area contributed by atoms with Crippen molar-refractivity contribution in [2.75, 3.05) is 0 Å². The summed E-state index contributed by atoms with van der Waals surface area (Å²) < 4.78 is 71.2. The number of hydrazone groups is 1. The predicted octanol–water partition coefficient (Wildman–Crippen LogP) is 6.43. The molecule has 208 valence electrons. The van der Waals surface area contributed by atoms with Crippen LogP contribution in [-0.2, 0) is 16.2 Å². The summed E-state index contributed by atoms with van der Waals surface area (Å²) >= 11 is 0. The van der Waals surface area contributed by atoms with E-state index < -0.39 is 32.4 Å². The highest BCUT2D eigenvalue weighted by molar-refractivity contribution is 7.89. The summed E-state index contributed by atoms with van der Waals surface area (Å²) in [5.74, 6) is -0.146. The summed E-state index contributed by atoms with van der Waals surface area (Å²) in [6.45, 7) is 5.51. The monoisotopic (exact) mass is 572 g/mol. The highest BCUT2D eigenvalue weighted by Crippen LogP contribution is 2.38. The first-order chi connectivity index (χ1) is 18.8. The van der Waals surface area contributed by atoms with E-state index in [1.165, 1.54) is 30.5 Å². The van der Waals surface area contributed by atoms with Gasteiger partial charge in [-0.3, -0.25) is 10.1 Å². The second-order valence-electron chi connectivity index (χ2n) is 8.86. The minimum Gasteiger partial charge on any atom is -0.450 e. The molecule has 1 heterocycles. The van der Waals surface area contributed by atoms with Crippen molar-refractivity contribution in [1.29, 1.82) is 0 Å². The van der Waals surface area contributed by atoms with Crippen molar-refractivity contribution < 1.29 is 31.2 Å². The van der Waals surface area contributed by atoms with Crippen molar-refractivity contribution in [3.05, 3.63) is 111 Å². The van der Waals surface area contributed by atoms with Gasteiger partial charge < -0.3 is 9.30 Å². The van der Waals surface area contributed by atoms with Crippen LogP contribution in [0.2, 0.25) is 0 Å². The van der Waals surface area contributed by atoms with E-state index in [2.05, 4.69) is 9.93 Å². The first-order valence-corrected chi connectivity index (χ1v) is 13.2. The lowest BCUT2D eigenvalue weighted by Crippen LogP contribution is -2.18. The predicted molar refractivity (Wildman–Crippen MR) is 143 cm³/mol. The average Bonchev–Trinajstić information content (AvgIpc) is 3.16. The van der Waals surface area contributed by atoms with Crippen LogP contribution in [0.5, 0.6) is 11.5 Å². The van der Waals surface area contributed by atoms with Gasteiger partial charge in [0.2, 0.25) is 5.75 Å². The van der Waals surface area contributed by atoms with Gasteiger partial charge in [-0.25, -0.2) is 4.83 Å². The maximum Gasteiger partial charge on any atom is 0.416 e. The van der Waals surface area contributed by atoms with Gasteiger partial charge in [0.05, 0.1) is 21.6 Å². The molecule has 3 aromatic carbocycles. The van der Waals surface area contributed by atoms with Gasteiger partial charge in [0, 0.05) is 28.7 Å². The molecule has 13 heteroatoms. The normalized spacial score (nSPS) is 12.1. The quantitative estimate of drug-likeness (QED) is 0.148. The van der Waals surface area contributed by atoms with Crippen molar-refractivity contribution in [3.8, 4) is 17.2 Å². The number of nitrogens with one attached hydrogen (secondary N) is 1. The molecular weight excluding hydrogens is 549 g/mol. The zero-order chi connectivity index (χ0) is 29.2. The SMILES string of the molecule is Cc1ccc(S(=O)(=O)N/N=C\c2cc(C)n(-c3ccc(Oc4ccc(C(F)(F)F)cc4[N+](=O)[O-])cc3)c2C)cc1. The Morgan fingerprint density at radius 3 is 2.23 bits per heavy atom. The topological polar surface area (TPSA) is 116 Å². The van der Waals surface area contributed by atoms with Crippen LogP contribution in [-0.4, -0.2) is 24.1 Å². The van der Waals surface area contributed by atoms with Crippen molar-refractivity contribution in [1.82, 2.24) is 9.40 Å². The van der Waals surface area contributed by atoms with E-state index in [0.29, 0.717) is 23.4 Å². The highest BCUT2D eigenvalue weighted by Gasteiger charge is 2.33. The average molecular weight is 573 g/mol.